The second-order valence-corrected chi connectivity index (χ2v) is 3.05. The number of hydrogen-bond donors (Lipinski definition) is 0. The maximum absolute atomic E-state index is 2.23. The van der Waals surface area contributed by atoms with Crippen LogP contribution in [0.3, 0.4) is 0 Å². The second kappa shape index (κ2) is 3.42. The van der Waals surface area contributed by atoms with Crippen molar-refractivity contribution < 1.29 is 0 Å². The van der Waals surface area contributed by atoms with Gasteiger partial charge in [-0.05, 0) is 25.0 Å². The molecule has 0 atom stereocenters. The molecule has 0 saturated heterocycles. The second-order valence-electron chi connectivity index (χ2n) is 3.05. The molecule has 0 fully saturated rings. The minimum absolute atomic E-state index is 1.04. The van der Waals surface area contributed by atoms with E-state index in [9.17, 15) is 0 Å². The lowest BCUT2D eigenvalue weighted by Gasteiger charge is -2.13. The summed E-state index contributed by atoms with van der Waals surface area (Å²) in [6.07, 6.45) is 9.81. The van der Waals surface area contributed by atoms with Crippen LogP contribution in [0.15, 0.2) is 35.6 Å². The van der Waals surface area contributed by atoms with Crippen molar-refractivity contribution >= 4 is 0 Å². The summed E-state index contributed by atoms with van der Waals surface area (Å²) in [6.45, 7) is 2.12. The molecule has 11 heavy (non-hydrogen) atoms. The van der Waals surface area contributed by atoms with Crippen LogP contribution >= 0.6 is 0 Å². The molecule has 0 saturated carbocycles. The highest BCUT2D eigenvalue weighted by molar-refractivity contribution is 5.31. The number of likely N-dealkylation sites (N-methyl/N-ethyl adjacent to an activating group) is 1. The SMILES string of the molecule is CC1=CC(N(C)C)=CCC=C1. The Morgan fingerprint density at radius 3 is 2.73 bits per heavy atom. The molecule has 0 spiro atoms. The van der Waals surface area contributed by atoms with Crippen molar-refractivity contribution in [1.29, 1.82) is 0 Å². The van der Waals surface area contributed by atoms with Gasteiger partial charge in [-0.25, -0.2) is 0 Å². The minimum atomic E-state index is 1.04. The molecule has 1 aliphatic carbocycles. The highest BCUT2D eigenvalue weighted by atomic mass is 15.1. The normalized spacial score (nSPS) is 17.0. The van der Waals surface area contributed by atoms with Gasteiger partial charge in [0.1, 0.15) is 0 Å². The van der Waals surface area contributed by atoms with E-state index in [1.54, 1.807) is 0 Å². The molecule has 60 valence electrons. The summed E-state index contributed by atoms with van der Waals surface area (Å²) in [4.78, 5) is 2.14. The van der Waals surface area contributed by atoms with Crippen LogP contribution in [-0.4, -0.2) is 19.0 Å². The van der Waals surface area contributed by atoms with Gasteiger partial charge in [0.25, 0.3) is 0 Å². The largest absolute Gasteiger partial charge is 0.378 e. The molecule has 0 aliphatic heterocycles. The Balaban J connectivity index is 2.82. The van der Waals surface area contributed by atoms with E-state index >= 15 is 0 Å². The molecular formula is C10H15N. The average Bonchev–Trinajstić information content (AvgIpc) is 2.13. The zero-order valence-corrected chi connectivity index (χ0v) is 7.46. The van der Waals surface area contributed by atoms with Gasteiger partial charge in [-0.15, -0.1) is 0 Å². The topological polar surface area (TPSA) is 3.24 Å². The van der Waals surface area contributed by atoms with Crippen LogP contribution in [0.5, 0.6) is 0 Å². The lowest BCUT2D eigenvalue weighted by molar-refractivity contribution is 0.527. The molecule has 0 N–H and O–H groups in total. The average molecular weight is 149 g/mol. The molecule has 0 aromatic rings. The van der Waals surface area contributed by atoms with Crippen molar-refractivity contribution in [1.82, 2.24) is 4.90 Å². The van der Waals surface area contributed by atoms with Crippen molar-refractivity contribution in [2.24, 2.45) is 0 Å². The van der Waals surface area contributed by atoms with E-state index in [2.05, 4.69) is 50.2 Å². The van der Waals surface area contributed by atoms with E-state index in [1.165, 1.54) is 11.3 Å². The zero-order chi connectivity index (χ0) is 8.27. The van der Waals surface area contributed by atoms with Gasteiger partial charge >= 0.3 is 0 Å². The molecule has 1 heteroatoms. The highest BCUT2D eigenvalue weighted by Gasteiger charge is 1.97. The van der Waals surface area contributed by atoms with Crippen LogP contribution in [0.1, 0.15) is 13.3 Å². The number of hydrogen-bond acceptors (Lipinski definition) is 1. The predicted molar refractivity (Wildman–Crippen MR) is 49.3 cm³/mol. The Labute approximate surface area is 68.7 Å². The van der Waals surface area contributed by atoms with E-state index in [0.717, 1.165) is 6.42 Å². The zero-order valence-electron chi connectivity index (χ0n) is 7.46. The van der Waals surface area contributed by atoms with Crippen molar-refractivity contribution in [2.75, 3.05) is 14.1 Å². The van der Waals surface area contributed by atoms with Gasteiger partial charge in [0.2, 0.25) is 0 Å². The van der Waals surface area contributed by atoms with Gasteiger partial charge < -0.3 is 4.90 Å². The Morgan fingerprint density at radius 2 is 2.09 bits per heavy atom. The van der Waals surface area contributed by atoms with Crippen molar-refractivity contribution in [2.45, 2.75) is 13.3 Å². The first-order valence-electron chi connectivity index (χ1n) is 3.92. The summed E-state index contributed by atoms with van der Waals surface area (Å²) < 4.78 is 0. The molecule has 1 nitrogen and oxygen atoms in total. The van der Waals surface area contributed by atoms with Gasteiger partial charge in [-0.2, -0.15) is 0 Å². The van der Waals surface area contributed by atoms with Crippen molar-refractivity contribution in [3.05, 3.63) is 35.6 Å². The van der Waals surface area contributed by atoms with Gasteiger partial charge in [0.05, 0.1) is 0 Å². The third-order valence-electron chi connectivity index (χ3n) is 1.74. The minimum Gasteiger partial charge on any atom is -0.378 e. The van der Waals surface area contributed by atoms with Crippen LogP contribution in [0, 0.1) is 0 Å². The maximum atomic E-state index is 2.23. The molecule has 0 aromatic carbocycles. The fraction of sp³-hybridized carbons (Fsp3) is 0.400. The summed E-state index contributed by atoms with van der Waals surface area (Å²) in [7, 11) is 4.14. The molecular weight excluding hydrogens is 134 g/mol. The molecule has 0 aromatic heterocycles. The van der Waals surface area contributed by atoms with Crippen LogP contribution in [0.25, 0.3) is 0 Å². The third-order valence-corrected chi connectivity index (χ3v) is 1.74. The summed E-state index contributed by atoms with van der Waals surface area (Å²) in [6, 6.07) is 0. The van der Waals surface area contributed by atoms with Crippen LogP contribution < -0.4 is 0 Å². The summed E-state index contributed by atoms with van der Waals surface area (Å²) >= 11 is 0. The Hall–Kier alpha value is -0.980. The molecule has 0 unspecified atom stereocenters. The van der Waals surface area contributed by atoms with E-state index in [-0.39, 0.29) is 0 Å². The molecule has 1 rings (SSSR count). The number of nitrogens with zero attached hydrogens (tertiary/aromatic N) is 1. The predicted octanol–water partition coefficient (Wildman–Crippen LogP) is 2.34. The lowest BCUT2D eigenvalue weighted by Crippen LogP contribution is -2.08. The van der Waals surface area contributed by atoms with Crippen LogP contribution in [-0.2, 0) is 0 Å². The van der Waals surface area contributed by atoms with E-state index in [4.69, 9.17) is 0 Å². The molecule has 0 radical (unpaired) electrons. The van der Waals surface area contributed by atoms with Gasteiger partial charge in [0, 0.05) is 19.8 Å². The maximum Gasteiger partial charge on any atom is 0.0326 e. The number of allylic oxidation sites excluding steroid dienone is 5. The van der Waals surface area contributed by atoms with Crippen molar-refractivity contribution in [3.8, 4) is 0 Å². The van der Waals surface area contributed by atoms with Crippen LogP contribution in [0.2, 0.25) is 0 Å². The van der Waals surface area contributed by atoms with Crippen molar-refractivity contribution in [3.63, 3.8) is 0 Å². The Kier molecular flexibility index (Phi) is 2.53. The summed E-state index contributed by atoms with van der Waals surface area (Å²) in [5, 5.41) is 0. The first kappa shape index (κ1) is 8.12. The smallest absolute Gasteiger partial charge is 0.0326 e. The third kappa shape index (κ3) is 2.26. The quantitative estimate of drug-likeness (QED) is 0.553. The summed E-state index contributed by atoms with van der Waals surface area (Å²) in [5.74, 6) is 0. The van der Waals surface area contributed by atoms with Gasteiger partial charge in [0.15, 0.2) is 0 Å². The lowest BCUT2D eigenvalue weighted by atomic mass is 10.2. The van der Waals surface area contributed by atoms with E-state index < -0.39 is 0 Å². The summed E-state index contributed by atoms with van der Waals surface area (Å²) in [5.41, 5.74) is 2.62. The van der Waals surface area contributed by atoms with Gasteiger partial charge in [-0.3, -0.25) is 0 Å². The Bertz CT molecular complexity index is 219. The molecule has 0 bridgehead atoms. The molecule has 0 amide bonds. The first-order chi connectivity index (χ1) is 5.20. The van der Waals surface area contributed by atoms with Gasteiger partial charge in [-0.1, -0.05) is 18.2 Å². The molecule has 1 aliphatic rings. The fourth-order valence-corrected chi connectivity index (χ4v) is 1.09. The fourth-order valence-electron chi connectivity index (χ4n) is 1.09. The molecule has 0 heterocycles. The standard InChI is InChI=1S/C10H15N/c1-9-6-4-5-7-10(8-9)11(2)3/h4,6-8H,5H2,1-3H3. The van der Waals surface area contributed by atoms with E-state index in [1.807, 2.05) is 0 Å². The number of rotatable bonds is 1. The van der Waals surface area contributed by atoms with E-state index in [0.29, 0.717) is 0 Å². The first-order valence-corrected chi connectivity index (χ1v) is 3.92. The van der Waals surface area contributed by atoms with Crippen LogP contribution in [0.4, 0.5) is 0 Å². The highest BCUT2D eigenvalue weighted by Crippen LogP contribution is 2.11. The monoisotopic (exact) mass is 149 g/mol. The Morgan fingerprint density at radius 1 is 1.36 bits per heavy atom.